The van der Waals surface area contributed by atoms with E-state index in [0.29, 0.717) is 23.3 Å². The van der Waals surface area contributed by atoms with E-state index in [-0.39, 0.29) is 11.7 Å². The number of carbonyl (C=O) groups excluding carboxylic acids is 1. The van der Waals surface area contributed by atoms with Gasteiger partial charge in [0.25, 0.3) is 0 Å². The van der Waals surface area contributed by atoms with Crippen LogP contribution in [0.4, 0.5) is 11.6 Å². The van der Waals surface area contributed by atoms with Crippen LogP contribution in [0.1, 0.15) is 43.2 Å². The third kappa shape index (κ3) is 4.35. The lowest BCUT2D eigenvalue weighted by Crippen LogP contribution is -2.40. The zero-order valence-electron chi connectivity index (χ0n) is 15.4. The van der Waals surface area contributed by atoms with Crippen LogP contribution in [0.5, 0.6) is 0 Å². The van der Waals surface area contributed by atoms with Crippen LogP contribution in [0.25, 0.3) is 0 Å². The number of nitrogens with zero attached hydrogens (tertiary/aromatic N) is 5. The lowest BCUT2D eigenvalue weighted by molar-refractivity contribution is 0.0893. The summed E-state index contributed by atoms with van der Waals surface area (Å²) in [6.07, 6.45) is 7.56. The van der Waals surface area contributed by atoms with Crippen molar-refractivity contribution in [2.75, 3.05) is 29.5 Å². The molecule has 8 heteroatoms. The number of thioether (sulfide) groups is 1. The summed E-state index contributed by atoms with van der Waals surface area (Å²) in [6, 6.07) is 1.80. The molecule has 1 atom stereocenters. The minimum Gasteiger partial charge on any atom is -0.383 e. The number of nitrogen functional groups attached to an aromatic ring is 1. The van der Waals surface area contributed by atoms with Crippen molar-refractivity contribution in [3.05, 3.63) is 24.3 Å². The predicted molar refractivity (Wildman–Crippen MR) is 105 cm³/mol. The molecule has 140 valence electrons. The number of carbonyl (C=O) groups is 1. The lowest BCUT2D eigenvalue weighted by Gasteiger charge is -2.32. The quantitative estimate of drug-likeness (QED) is 0.345. The fourth-order valence-electron chi connectivity index (χ4n) is 3.15. The molecule has 1 aliphatic rings. The molecule has 0 bridgehead atoms. The van der Waals surface area contributed by atoms with Gasteiger partial charge in [0.05, 0.1) is 0 Å². The zero-order chi connectivity index (χ0) is 18.5. The second-order valence-corrected chi connectivity index (χ2v) is 7.71. The molecule has 2 aromatic rings. The van der Waals surface area contributed by atoms with Crippen molar-refractivity contribution in [2.45, 2.75) is 37.8 Å². The molecular weight excluding hydrogens is 348 g/mol. The van der Waals surface area contributed by atoms with Gasteiger partial charge in [0, 0.05) is 50.3 Å². The van der Waals surface area contributed by atoms with E-state index in [9.17, 15) is 4.79 Å². The summed E-state index contributed by atoms with van der Waals surface area (Å²) in [5.74, 6) is 2.83. The molecule has 0 aliphatic carbocycles. The summed E-state index contributed by atoms with van der Waals surface area (Å²) in [6.45, 7) is 3.68. The Balaban J connectivity index is 1.73. The molecular formula is C18H26N6OS. The number of ketones is 1. The third-order valence-electron chi connectivity index (χ3n) is 4.60. The van der Waals surface area contributed by atoms with Gasteiger partial charge < -0.3 is 15.2 Å². The van der Waals surface area contributed by atoms with Crippen LogP contribution in [0.3, 0.4) is 0 Å². The van der Waals surface area contributed by atoms with Crippen LogP contribution < -0.4 is 10.6 Å². The molecule has 26 heavy (non-hydrogen) atoms. The van der Waals surface area contributed by atoms with E-state index < -0.39 is 0 Å². The molecule has 7 nitrogen and oxygen atoms in total. The number of aryl methyl sites for hydroxylation is 1. The number of piperidine rings is 1. The molecule has 1 fully saturated rings. The van der Waals surface area contributed by atoms with E-state index in [1.807, 2.05) is 7.05 Å². The van der Waals surface area contributed by atoms with E-state index in [4.69, 9.17) is 5.73 Å². The van der Waals surface area contributed by atoms with Gasteiger partial charge in [0.2, 0.25) is 5.78 Å². The van der Waals surface area contributed by atoms with Crippen molar-refractivity contribution < 1.29 is 4.79 Å². The van der Waals surface area contributed by atoms with E-state index in [2.05, 4.69) is 26.8 Å². The van der Waals surface area contributed by atoms with E-state index in [1.165, 1.54) is 0 Å². The molecule has 1 aliphatic heterocycles. The Labute approximate surface area is 158 Å². The average molecular weight is 375 g/mol. The zero-order valence-corrected chi connectivity index (χ0v) is 16.2. The minimum atomic E-state index is -0.0720. The van der Waals surface area contributed by atoms with Crippen molar-refractivity contribution in [1.82, 2.24) is 19.5 Å². The van der Waals surface area contributed by atoms with Crippen LogP contribution in [0.15, 0.2) is 23.6 Å². The lowest BCUT2D eigenvalue weighted by atomic mass is 9.93. The SMILES string of the molecule is CCCCSc1nc(N)cc(N2CCC[C@H](C(=O)c3nccn3C)C2)n1. The van der Waals surface area contributed by atoms with E-state index >= 15 is 0 Å². The summed E-state index contributed by atoms with van der Waals surface area (Å²) in [7, 11) is 1.85. The number of anilines is 2. The number of hydrogen-bond acceptors (Lipinski definition) is 7. The maximum absolute atomic E-state index is 12.8. The largest absolute Gasteiger partial charge is 0.383 e. The second-order valence-electron chi connectivity index (χ2n) is 6.65. The summed E-state index contributed by atoms with van der Waals surface area (Å²) in [5, 5.41) is 0.714. The van der Waals surface area contributed by atoms with Gasteiger partial charge in [-0.05, 0) is 19.3 Å². The van der Waals surface area contributed by atoms with Gasteiger partial charge in [-0.3, -0.25) is 4.79 Å². The van der Waals surface area contributed by atoms with Crippen LogP contribution in [0.2, 0.25) is 0 Å². The van der Waals surface area contributed by atoms with Crippen molar-refractivity contribution >= 4 is 29.2 Å². The molecule has 0 saturated carbocycles. The number of nitrogens with two attached hydrogens (primary N) is 1. The predicted octanol–water partition coefficient (Wildman–Crippen LogP) is 2.78. The number of hydrogen-bond donors (Lipinski definition) is 1. The monoisotopic (exact) mass is 374 g/mol. The summed E-state index contributed by atoms with van der Waals surface area (Å²) in [4.78, 5) is 28.1. The maximum atomic E-state index is 12.8. The normalized spacial score (nSPS) is 17.5. The fraction of sp³-hybridized carbons (Fsp3) is 0.556. The number of rotatable bonds is 7. The molecule has 0 aromatic carbocycles. The third-order valence-corrected chi connectivity index (χ3v) is 5.53. The standard InChI is InChI=1S/C18H26N6OS/c1-3-4-10-26-18-21-14(19)11-15(22-18)24-8-5-6-13(12-24)16(25)17-20-7-9-23(17)2/h7,9,11,13H,3-6,8,10,12H2,1-2H3,(H2,19,21,22)/t13-/m0/s1. The number of aromatic nitrogens is 4. The Hall–Kier alpha value is -2.09. The van der Waals surface area contributed by atoms with Gasteiger partial charge in [0.1, 0.15) is 11.6 Å². The highest BCUT2D eigenvalue weighted by Gasteiger charge is 2.29. The van der Waals surface area contributed by atoms with Crippen LogP contribution >= 0.6 is 11.8 Å². The van der Waals surface area contributed by atoms with Crippen LogP contribution in [-0.4, -0.2) is 44.1 Å². The molecule has 0 radical (unpaired) electrons. The van der Waals surface area contributed by atoms with E-state index in [1.54, 1.807) is 34.8 Å². The fourth-order valence-corrected chi connectivity index (χ4v) is 4.09. The first-order valence-corrected chi connectivity index (χ1v) is 10.1. The molecule has 2 N–H and O–H groups in total. The topological polar surface area (TPSA) is 89.9 Å². The second kappa shape index (κ2) is 8.53. The Morgan fingerprint density at radius 2 is 2.27 bits per heavy atom. The summed E-state index contributed by atoms with van der Waals surface area (Å²) >= 11 is 1.64. The van der Waals surface area contributed by atoms with Crippen molar-refractivity contribution in [3.63, 3.8) is 0 Å². The number of Topliss-reactive ketones (excluding diaryl/α,β-unsaturated/α-hetero) is 1. The Bertz CT molecular complexity index is 762. The van der Waals surface area contributed by atoms with Gasteiger partial charge in [-0.1, -0.05) is 25.1 Å². The van der Waals surface area contributed by atoms with Gasteiger partial charge in [0.15, 0.2) is 11.0 Å². The first-order valence-electron chi connectivity index (χ1n) is 9.12. The molecule has 0 unspecified atom stereocenters. The summed E-state index contributed by atoms with van der Waals surface area (Å²) in [5.41, 5.74) is 5.99. The average Bonchev–Trinajstić information content (AvgIpc) is 3.07. The van der Waals surface area contributed by atoms with Crippen molar-refractivity contribution in [2.24, 2.45) is 13.0 Å². The van der Waals surface area contributed by atoms with Gasteiger partial charge in [-0.15, -0.1) is 0 Å². The number of imidazole rings is 1. The highest BCUT2D eigenvalue weighted by atomic mass is 32.2. The van der Waals surface area contributed by atoms with Gasteiger partial charge in [-0.2, -0.15) is 0 Å². The van der Waals surface area contributed by atoms with Crippen molar-refractivity contribution in [3.8, 4) is 0 Å². The van der Waals surface area contributed by atoms with Gasteiger partial charge in [-0.25, -0.2) is 15.0 Å². The molecule has 3 heterocycles. The molecule has 3 rings (SSSR count). The molecule has 1 saturated heterocycles. The highest BCUT2D eigenvalue weighted by Crippen LogP contribution is 2.27. The van der Waals surface area contributed by atoms with Crippen molar-refractivity contribution in [1.29, 1.82) is 0 Å². The highest BCUT2D eigenvalue weighted by molar-refractivity contribution is 7.99. The van der Waals surface area contributed by atoms with E-state index in [0.717, 1.165) is 43.8 Å². The molecule has 0 amide bonds. The first kappa shape index (κ1) is 18.7. The van der Waals surface area contributed by atoms with Gasteiger partial charge >= 0.3 is 0 Å². The Morgan fingerprint density at radius 3 is 3.00 bits per heavy atom. The Morgan fingerprint density at radius 1 is 1.42 bits per heavy atom. The number of unbranched alkanes of at least 4 members (excludes halogenated alkanes) is 1. The molecule has 2 aromatic heterocycles. The van der Waals surface area contributed by atoms with Crippen LogP contribution in [0, 0.1) is 5.92 Å². The Kier molecular flexibility index (Phi) is 6.13. The molecule has 0 spiro atoms. The maximum Gasteiger partial charge on any atom is 0.203 e. The first-order chi connectivity index (χ1) is 12.6. The smallest absolute Gasteiger partial charge is 0.203 e. The van der Waals surface area contributed by atoms with Crippen LogP contribution in [-0.2, 0) is 7.05 Å². The minimum absolute atomic E-state index is 0.0720. The summed E-state index contributed by atoms with van der Waals surface area (Å²) < 4.78 is 1.78.